The van der Waals surface area contributed by atoms with E-state index in [-0.39, 0.29) is 23.3 Å². The lowest BCUT2D eigenvalue weighted by Gasteiger charge is -2.11. The molecule has 18 heavy (non-hydrogen) atoms. The molecule has 2 heterocycles. The van der Waals surface area contributed by atoms with Gasteiger partial charge in [-0.1, -0.05) is 0 Å². The highest BCUT2D eigenvalue weighted by Gasteiger charge is 2.18. The van der Waals surface area contributed by atoms with E-state index in [1.54, 1.807) is 6.07 Å². The Hall–Kier alpha value is -2.20. The first kappa shape index (κ1) is 12.3. The third kappa shape index (κ3) is 2.73. The molecule has 0 radical (unpaired) electrons. The summed E-state index contributed by atoms with van der Waals surface area (Å²) in [5.41, 5.74) is -0.527. The summed E-state index contributed by atoms with van der Waals surface area (Å²) in [6.07, 6.45) is 2.16. The first-order valence-electron chi connectivity index (χ1n) is 5.62. The molecule has 0 spiro atoms. The van der Waals surface area contributed by atoms with Crippen molar-refractivity contribution in [1.82, 2.24) is 10.3 Å². The van der Waals surface area contributed by atoms with Gasteiger partial charge in [0.25, 0.3) is 0 Å². The van der Waals surface area contributed by atoms with Crippen LogP contribution in [-0.4, -0.2) is 29.1 Å². The maximum absolute atomic E-state index is 10.6. The predicted molar refractivity (Wildman–Crippen MR) is 62.1 cm³/mol. The van der Waals surface area contributed by atoms with Gasteiger partial charge in [-0.15, -0.1) is 0 Å². The number of pyridine rings is 1. The molecule has 1 saturated heterocycles. The van der Waals surface area contributed by atoms with Gasteiger partial charge in [0.1, 0.15) is 12.7 Å². The molecule has 0 bridgehead atoms. The molecule has 1 N–H and O–H groups in total. The van der Waals surface area contributed by atoms with Crippen LogP contribution in [-0.2, 0) is 0 Å². The zero-order valence-electron chi connectivity index (χ0n) is 9.63. The molecule has 1 fully saturated rings. The zero-order valence-corrected chi connectivity index (χ0v) is 9.63. The van der Waals surface area contributed by atoms with E-state index >= 15 is 0 Å². The Morgan fingerprint density at radius 3 is 3.11 bits per heavy atom. The largest absolute Gasteiger partial charge is 0.476 e. The Balaban J connectivity index is 2.05. The lowest BCUT2D eigenvalue weighted by molar-refractivity contribution is -0.385. The van der Waals surface area contributed by atoms with E-state index in [2.05, 4.69) is 10.3 Å². The molecular weight excluding hydrogens is 236 g/mol. The number of hydrogen-bond acceptors (Lipinski definition) is 6. The number of ether oxygens (including phenoxy) is 1. The van der Waals surface area contributed by atoms with Gasteiger partial charge in [-0.05, 0) is 19.4 Å². The highest BCUT2D eigenvalue weighted by Crippen LogP contribution is 2.19. The van der Waals surface area contributed by atoms with Crippen LogP contribution in [0.25, 0.3) is 0 Å². The SMILES string of the molecule is N#Cc1nc(OCC2CCCN2)ccc1[N+](=O)[O-]. The van der Waals surface area contributed by atoms with Crippen LogP contribution >= 0.6 is 0 Å². The average molecular weight is 248 g/mol. The minimum absolute atomic E-state index is 0.225. The standard InChI is InChI=1S/C11H12N4O3/c12-6-9-10(15(16)17)3-4-11(14-9)18-7-8-2-1-5-13-8/h3-4,8,13H,1-2,5,7H2. The van der Waals surface area contributed by atoms with Crippen molar-refractivity contribution in [2.45, 2.75) is 18.9 Å². The number of nitro groups is 1. The van der Waals surface area contributed by atoms with E-state index in [1.165, 1.54) is 12.1 Å². The molecule has 0 amide bonds. The van der Waals surface area contributed by atoms with Crippen LogP contribution in [0.1, 0.15) is 18.5 Å². The Labute approximate surface area is 104 Å². The first-order chi connectivity index (χ1) is 8.70. The second-order valence-electron chi connectivity index (χ2n) is 3.99. The highest BCUT2D eigenvalue weighted by atomic mass is 16.6. The summed E-state index contributed by atoms with van der Waals surface area (Å²) in [6, 6.07) is 4.63. The maximum atomic E-state index is 10.6. The molecule has 0 aliphatic carbocycles. The monoisotopic (exact) mass is 248 g/mol. The molecule has 0 saturated carbocycles. The molecule has 1 aliphatic heterocycles. The normalized spacial score (nSPS) is 18.3. The molecule has 1 aliphatic rings. The summed E-state index contributed by atoms with van der Waals surface area (Å²) in [4.78, 5) is 13.8. The second kappa shape index (κ2) is 5.42. The number of rotatable bonds is 4. The summed E-state index contributed by atoms with van der Waals surface area (Å²) in [6.45, 7) is 1.43. The lowest BCUT2D eigenvalue weighted by Crippen LogP contribution is -2.28. The molecule has 7 nitrogen and oxygen atoms in total. The molecule has 7 heteroatoms. The van der Waals surface area contributed by atoms with Gasteiger partial charge in [0, 0.05) is 18.2 Å². The van der Waals surface area contributed by atoms with E-state index in [0.29, 0.717) is 6.61 Å². The zero-order chi connectivity index (χ0) is 13.0. The van der Waals surface area contributed by atoms with Gasteiger partial charge in [0.15, 0.2) is 0 Å². The maximum Gasteiger partial charge on any atom is 0.305 e. The number of nitriles is 1. The van der Waals surface area contributed by atoms with Crippen molar-refractivity contribution < 1.29 is 9.66 Å². The summed E-state index contributed by atoms with van der Waals surface area (Å²) in [5.74, 6) is 0.242. The fourth-order valence-corrected chi connectivity index (χ4v) is 1.83. The van der Waals surface area contributed by atoms with E-state index in [9.17, 15) is 10.1 Å². The number of nitrogens with one attached hydrogen (secondary N) is 1. The van der Waals surface area contributed by atoms with Gasteiger partial charge in [-0.2, -0.15) is 10.2 Å². The third-order valence-electron chi connectivity index (χ3n) is 2.75. The van der Waals surface area contributed by atoms with Crippen molar-refractivity contribution in [2.75, 3.05) is 13.2 Å². The first-order valence-corrected chi connectivity index (χ1v) is 5.62. The van der Waals surface area contributed by atoms with E-state index in [4.69, 9.17) is 10.00 Å². The van der Waals surface area contributed by atoms with Gasteiger partial charge < -0.3 is 10.1 Å². The smallest absolute Gasteiger partial charge is 0.305 e. The summed E-state index contributed by atoms with van der Waals surface area (Å²) < 4.78 is 5.42. The molecule has 1 aromatic rings. The molecule has 1 aromatic heterocycles. The quantitative estimate of drug-likeness (QED) is 0.629. The Morgan fingerprint density at radius 1 is 1.67 bits per heavy atom. The minimum atomic E-state index is -0.631. The van der Waals surface area contributed by atoms with Crippen LogP contribution in [0.15, 0.2) is 12.1 Å². The van der Waals surface area contributed by atoms with Gasteiger partial charge >= 0.3 is 5.69 Å². The van der Waals surface area contributed by atoms with Gasteiger partial charge in [-0.25, -0.2) is 0 Å². The Bertz CT molecular complexity index is 492. The van der Waals surface area contributed by atoms with E-state index in [0.717, 1.165) is 19.4 Å². The lowest BCUT2D eigenvalue weighted by atomic mass is 10.2. The fraction of sp³-hybridized carbons (Fsp3) is 0.455. The molecule has 1 unspecified atom stereocenters. The molecule has 1 atom stereocenters. The Morgan fingerprint density at radius 2 is 2.50 bits per heavy atom. The predicted octanol–water partition coefficient (Wildman–Crippen LogP) is 0.992. The average Bonchev–Trinajstić information content (AvgIpc) is 2.88. The number of aromatic nitrogens is 1. The fourth-order valence-electron chi connectivity index (χ4n) is 1.83. The van der Waals surface area contributed by atoms with Crippen LogP contribution in [0.2, 0.25) is 0 Å². The van der Waals surface area contributed by atoms with Crippen LogP contribution in [0, 0.1) is 21.4 Å². The van der Waals surface area contributed by atoms with Crippen molar-refractivity contribution in [3.63, 3.8) is 0 Å². The van der Waals surface area contributed by atoms with Gasteiger partial charge in [0.2, 0.25) is 11.6 Å². The third-order valence-corrected chi connectivity index (χ3v) is 2.75. The highest BCUT2D eigenvalue weighted by molar-refractivity contribution is 5.45. The molecule has 0 aromatic carbocycles. The van der Waals surface area contributed by atoms with Crippen LogP contribution in [0.5, 0.6) is 5.88 Å². The van der Waals surface area contributed by atoms with Crippen LogP contribution in [0.3, 0.4) is 0 Å². The summed E-state index contributed by atoms with van der Waals surface area (Å²) in [5, 5.41) is 22.7. The molecule has 94 valence electrons. The molecular formula is C11H12N4O3. The van der Waals surface area contributed by atoms with Gasteiger partial charge in [-0.3, -0.25) is 10.1 Å². The Kier molecular flexibility index (Phi) is 3.69. The number of hydrogen-bond donors (Lipinski definition) is 1. The minimum Gasteiger partial charge on any atom is -0.476 e. The van der Waals surface area contributed by atoms with Crippen molar-refractivity contribution in [3.8, 4) is 11.9 Å². The van der Waals surface area contributed by atoms with Crippen LogP contribution < -0.4 is 10.1 Å². The van der Waals surface area contributed by atoms with Crippen LogP contribution in [0.4, 0.5) is 5.69 Å². The van der Waals surface area contributed by atoms with E-state index in [1.807, 2.05) is 0 Å². The topological polar surface area (TPSA) is 101 Å². The summed E-state index contributed by atoms with van der Waals surface area (Å²) >= 11 is 0. The van der Waals surface area contributed by atoms with E-state index < -0.39 is 4.92 Å². The van der Waals surface area contributed by atoms with Crippen molar-refractivity contribution in [1.29, 1.82) is 5.26 Å². The van der Waals surface area contributed by atoms with Gasteiger partial charge in [0.05, 0.1) is 4.92 Å². The molecule has 2 rings (SSSR count). The van der Waals surface area contributed by atoms with Crippen molar-refractivity contribution in [2.24, 2.45) is 0 Å². The summed E-state index contributed by atoms with van der Waals surface area (Å²) in [7, 11) is 0. The number of nitrogens with zero attached hydrogens (tertiary/aromatic N) is 3. The van der Waals surface area contributed by atoms with Crippen molar-refractivity contribution >= 4 is 5.69 Å². The van der Waals surface area contributed by atoms with Crippen molar-refractivity contribution in [3.05, 3.63) is 27.9 Å². The second-order valence-corrected chi connectivity index (χ2v) is 3.99.